The van der Waals surface area contributed by atoms with Gasteiger partial charge in [-0.25, -0.2) is 9.67 Å². The van der Waals surface area contributed by atoms with Crippen molar-refractivity contribution in [2.45, 2.75) is 6.92 Å². The molecular formula is C20H13ClN4OS. The average Bonchev–Trinajstić information content (AvgIpc) is 3.21. The highest BCUT2D eigenvalue weighted by Crippen LogP contribution is 2.28. The zero-order valence-electron chi connectivity index (χ0n) is 14.2. The van der Waals surface area contributed by atoms with Gasteiger partial charge in [-0.05, 0) is 43.3 Å². The lowest BCUT2D eigenvalue weighted by atomic mass is 10.1. The smallest absolute Gasteiger partial charge is 0.278 e. The number of halogens is 1. The fraction of sp³-hybridized carbons (Fsp3) is 0.0500. The molecule has 0 unspecified atom stereocenters. The topological polar surface area (TPSA) is 74.5 Å². The Morgan fingerprint density at radius 1 is 1.30 bits per heavy atom. The van der Waals surface area contributed by atoms with Crippen molar-refractivity contribution in [3.8, 4) is 11.8 Å². The predicted octanol–water partition coefficient (Wildman–Crippen LogP) is 4.80. The molecule has 0 aliphatic rings. The zero-order chi connectivity index (χ0) is 19.0. The van der Waals surface area contributed by atoms with Crippen molar-refractivity contribution < 1.29 is 0 Å². The van der Waals surface area contributed by atoms with Gasteiger partial charge >= 0.3 is 0 Å². The van der Waals surface area contributed by atoms with E-state index in [9.17, 15) is 10.1 Å². The first kappa shape index (κ1) is 17.3. The molecule has 4 aromatic rings. The number of rotatable bonds is 3. The number of aromatic nitrogens is 3. The lowest BCUT2D eigenvalue weighted by molar-refractivity contribution is 0.835. The van der Waals surface area contributed by atoms with Crippen molar-refractivity contribution >= 4 is 44.8 Å². The molecule has 7 heteroatoms. The Balaban J connectivity index is 1.83. The van der Waals surface area contributed by atoms with Gasteiger partial charge in [0.2, 0.25) is 0 Å². The van der Waals surface area contributed by atoms with Crippen molar-refractivity contribution in [2.75, 3.05) is 0 Å². The Morgan fingerprint density at radius 2 is 2.11 bits per heavy atom. The molecular weight excluding hydrogens is 380 g/mol. The molecule has 2 heterocycles. The predicted molar refractivity (Wildman–Crippen MR) is 109 cm³/mol. The lowest BCUT2D eigenvalue weighted by Crippen LogP contribution is -2.15. The van der Waals surface area contributed by atoms with Crippen LogP contribution >= 0.6 is 22.9 Å². The summed E-state index contributed by atoms with van der Waals surface area (Å²) in [6.45, 7) is 1.79. The second-order valence-corrected chi connectivity index (χ2v) is 7.39. The number of H-pyrrole nitrogens is 1. The van der Waals surface area contributed by atoms with Crippen LogP contribution in [0, 0.1) is 18.3 Å². The van der Waals surface area contributed by atoms with Gasteiger partial charge in [-0.15, -0.1) is 11.3 Å². The number of aryl methyl sites for hydroxylation is 1. The number of nitrogens with zero attached hydrogens (tertiary/aromatic N) is 3. The Labute approximate surface area is 163 Å². The van der Waals surface area contributed by atoms with Crippen LogP contribution in [0.3, 0.4) is 0 Å². The highest BCUT2D eigenvalue weighted by Gasteiger charge is 2.14. The number of nitrogens with one attached hydrogen (secondary N) is 1. The molecule has 2 aromatic carbocycles. The van der Waals surface area contributed by atoms with Gasteiger partial charge in [0.1, 0.15) is 11.1 Å². The van der Waals surface area contributed by atoms with Gasteiger partial charge in [-0.1, -0.05) is 29.8 Å². The van der Waals surface area contributed by atoms with Crippen LogP contribution in [-0.2, 0) is 0 Å². The molecule has 0 bridgehead atoms. The summed E-state index contributed by atoms with van der Waals surface area (Å²) in [7, 11) is 0. The number of hydrogen-bond acceptors (Lipinski definition) is 4. The van der Waals surface area contributed by atoms with E-state index in [4.69, 9.17) is 11.6 Å². The van der Waals surface area contributed by atoms with E-state index in [0.717, 1.165) is 10.2 Å². The molecule has 0 aliphatic heterocycles. The summed E-state index contributed by atoms with van der Waals surface area (Å²) < 4.78 is 2.41. The molecule has 5 nitrogen and oxygen atoms in total. The van der Waals surface area contributed by atoms with Gasteiger partial charge < -0.3 is 0 Å². The number of allylic oxidation sites excluding steroid dienone is 1. The standard InChI is InChI=1S/C20H13ClN4OS/c1-12-16(20(26)25(24-12)15-6-4-5-14(21)10-15)9-13(11-22)19-23-17-7-2-3-8-18(17)27-19/h2-10,24H,1H3/b13-9+. The Kier molecular flexibility index (Phi) is 4.40. The van der Waals surface area contributed by atoms with Gasteiger partial charge in [0.15, 0.2) is 0 Å². The number of aromatic amines is 1. The lowest BCUT2D eigenvalue weighted by Gasteiger charge is -2.01. The quantitative estimate of drug-likeness (QED) is 0.509. The SMILES string of the molecule is Cc1[nH]n(-c2cccc(Cl)c2)c(=O)c1/C=C(\C#N)c1nc2ccccc2s1. The minimum absolute atomic E-state index is 0.247. The van der Waals surface area contributed by atoms with E-state index >= 15 is 0 Å². The van der Waals surface area contributed by atoms with Gasteiger partial charge in [0.25, 0.3) is 5.56 Å². The third-order valence-corrected chi connectivity index (χ3v) is 5.42. The van der Waals surface area contributed by atoms with E-state index in [1.165, 1.54) is 16.0 Å². The van der Waals surface area contributed by atoms with Gasteiger partial charge in [-0.3, -0.25) is 9.89 Å². The molecule has 2 aromatic heterocycles. The first-order valence-corrected chi connectivity index (χ1v) is 9.31. The van der Waals surface area contributed by atoms with Crippen LogP contribution in [-0.4, -0.2) is 14.8 Å². The first-order valence-electron chi connectivity index (χ1n) is 8.12. The number of nitriles is 1. The maximum Gasteiger partial charge on any atom is 0.278 e. The summed E-state index contributed by atoms with van der Waals surface area (Å²) in [4.78, 5) is 17.4. The molecule has 27 heavy (non-hydrogen) atoms. The van der Waals surface area contributed by atoms with E-state index in [1.54, 1.807) is 37.3 Å². The van der Waals surface area contributed by atoms with E-state index in [0.29, 0.717) is 32.5 Å². The number of benzene rings is 2. The minimum atomic E-state index is -0.247. The summed E-state index contributed by atoms with van der Waals surface area (Å²) in [6, 6.07) is 16.9. The van der Waals surface area contributed by atoms with Crippen LogP contribution in [0.25, 0.3) is 27.6 Å². The average molecular weight is 393 g/mol. The summed E-state index contributed by atoms with van der Waals surface area (Å²) in [5.74, 6) is 0. The number of hydrogen-bond donors (Lipinski definition) is 1. The zero-order valence-corrected chi connectivity index (χ0v) is 15.8. The third-order valence-electron chi connectivity index (χ3n) is 4.12. The monoisotopic (exact) mass is 392 g/mol. The highest BCUT2D eigenvalue weighted by molar-refractivity contribution is 7.19. The largest absolute Gasteiger partial charge is 0.295 e. The van der Waals surface area contributed by atoms with Crippen molar-refractivity contribution in [3.63, 3.8) is 0 Å². The highest BCUT2D eigenvalue weighted by atomic mass is 35.5. The summed E-state index contributed by atoms with van der Waals surface area (Å²) in [6.07, 6.45) is 1.59. The van der Waals surface area contributed by atoms with E-state index in [-0.39, 0.29) is 5.56 Å². The second kappa shape index (κ2) is 6.88. The van der Waals surface area contributed by atoms with Crippen LogP contribution in [0.2, 0.25) is 5.02 Å². The van der Waals surface area contributed by atoms with E-state index in [2.05, 4.69) is 16.2 Å². The number of para-hydroxylation sites is 1. The fourth-order valence-electron chi connectivity index (χ4n) is 2.80. The third kappa shape index (κ3) is 3.19. The van der Waals surface area contributed by atoms with Crippen molar-refractivity contribution in [1.82, 2.24) is 14.8 Å². The van der Waals surface area contributed by atoms with E-state index in [1.807, 2.05) is 24.3 Å². The molecule has 0 saturated heterocycles. The molecule has 0 fully saturated rings. The molecule has 132 valence electrons. The van der Waals surface area contributed by atoms with Crippen LogP contribution in [0.4, 0.5) is 0 Å². The van der Waals surface area contributed by atoms with Crippen LogP contribution < -0.4 is 5.56 Å². The fourth-order valence-corrected chi connectivity index (χ4v) is 3.92. The summed E-state index contributed by atoms with van der Waals surface area (Å²) in [5.41, 5.74) is 2.66. The second-order valence-electron chi connectivity index (χ2n) is 5.93. The number of fused-ring (bicyclic) bond motifs is 1. The van der Waals surface area contributed by atoms with Crippen molar-refractivity contribution in [3.05, 3.63) is 80.2 Å². The minimum Gasteiger partial charge on any atom is -0.295 e. The molecule has 0 saturated carbocycles. The van der Waals surface area contributed by atoms with E-state index < -0.39 is 0 Å². The molecule has 4 rings (SSSR count). The molecule has 0 atom stereocenters. The van der Waals surface area contributed by atoms with Crippen LogP contribution in [0.15, 0.2) is 53.3 Å². The maximum atomic E-state index is 12.9. The van der Waals surface area contributed by atoms with Crippen molar-refractivity contribution in [1.29, 1.82) is 5.26 Å². The molecule has 1 N–H and O–H groups in total. The Morgan fingerprint density at radius 3 is 2.85 bits per heavy atom. The molecule has 0 aliphatic carbocycles. The molecule has 0 amide bonds. The number of thiazole rings is 1. The Bertz CT molecular complexity index is 1260. The van der Waals surface area contributed by atoms with Gasteiger partial charge in [0.05, 0.1) is 27.0 Å². The van der Waals surface area contributed by atoms with Crippen LogP contribution in [0.5, 0.6) is 0 Å². The first-order chi connectivity index (χ1) is 13.1. The van der Waals surface area contributed by atoms with Crippen LogP contribution in [0.1, 0.15) is 16.3 Å². The summed E-state index contributed by atoms with van der Waals surface area (Å²) >= 11 is 7.46. The van der Waals surface area contributed by atoms with Gasteiger partial charge in [-0.2, -0.15) is 5.26 Å². The molecule has 0 radical (unpaired) electrons. The normalized spacial score (nSPS) is 11.7. The summed E-state index contributed by atoms with van der Waals surface area (Å²) in [5, 5.41) is 13.8. The van der Waals surface area contributed by atoms with Gasteiger partial charge in [0, 0.05) is 10.7 Å². The molecule has 0 spiro atoms. The Hall–Kier alpha value is -3.14. The maximum absolute atomic E-state index is 12.9. The van der Waals surface area contributed by atoms with Crippen molar-refractivity contribution in [2.24, 2.45) is 0 Å².